The molecule has 1 saturated heterocycles. The van der Waals surface area contributed by atoms with Crippen LogP contribution >= 0.6 is 0 Å². The third-order valence-corrected chi connectivity index (χ3v) is 4.54. The number of aryl methyl sites for hydroxylation is 2. The van der Waals surface area contributed by atoms with Crippen molar-refractivity contribution < 1.29 is 9.53 Å². The summed E-state index contributed by atoms with van der Waals surface area (Å²) in [6.07, 6.45) is 6.43. The van der Waals surface area contributed by atoms with Gasteiger partial charge in [-0.25, -0.2) is 4.79 Å². The Morgan fingerprint density at radius 2 is 2.20 bits per heavy atom. The van der Waals surface area contributed by atoms with E-state index in [1.54, 1.807) is 12.3 Å². The van der Waals surface area contributed by atoms with E-state index in [1.165, 1.54) is 0 Å². The van der Waals surface area contributed by atoms with E-state index in [0.29, 0.717) is 11.7 Å². The van der Waals surface area contributed by atoms with Crippen LogP contribution < -0.4 is 10.6 Å². The van der Waals surface area contributed by atoms with Gasteiger partial charge >= 0.3 is 6.03 Å². The molecule has 134 valence electrons. The van der Waals surface area contributed by atoms with E-state index in [0.717, 1.165) is 44.7 Å². The summed E-state index contributed by atoms with van der Waals surface area (Å²) in [6.45, 7) is 4.32. The zero-order valence-corrected chi connectivity index (χ0v) is 14.5. The van der Waals surface area contributed by atoms with Crippen LogP contribution in [-0.4, -0.2) is 40.1 Å². The lowest BCUT2D eigenvalue weighted by atomic mass is 9.93. The van der Waals surface area contributed by atoms with Gasteiger partial charge in [0.05, 0.1) is 0 Å². The lowest BCUT2D eigenvalue weighted by molar-refractivity contribution is 0.0573. The molecular formula is C18H25N5O2. The highest BCUT2D eigenvalue weighted by Gasteiger charge is 2.21. The molecule has 2 amide bonds. The first kappa shape index (κ1) is 17.4. The van der Waals surface area contributed by atoms with E-state index >= 15 is 0 Å². The van der Waals surface area contributed by atoms with Gasteiger partial charge in [-0.3, -0.25) is 15.0 Å². The van der Waals surface area contributed by atoms with Crippen LogP contribution in [0.5, 0.6) is 0 Å². The van der Waals surface area contributed by atoms with Crippen molar-refractivity contribution in [2.45, 2.75) is 38.8 Å². The molecule has 0 saturated carbocycles. The van der Waals surface area contributed by atoms with Gasteiger partial charge in [-0.15, -0.1) is 0 Å². The zero-order valence-electron chi connectivity index (χ0n) is 14.5. The molecule has 0 radical (unpaired) electrons. The summed E-state index contributed by atoms with van der Waals surface area (Å²) in [5.41, 5.74) is 1.02. The number of ether oxygens (including phenoxy) is 1. The van der Waals surface area contributed by atoms with Gasteiger partial charge in [0, 0.05) is 56.4 Å². The minimum atomic E-state index is -0.214. The molecule has 2 N–H and O–H groups in total. The van der Waals surface area contributed by atoms with Crippen LogP contribution in [-0.2, 0) is 17.7 Å². The van der Waals surface area contributed by atoms with Crippen LogP contribution in [0.3, 0.4) is 0 Å². The molecule has 1 aliphatic heterocycles. The van der Waals surface area contributed by atoms with Gasteiger partial charge in [0.25, 0.3) is 0 Å². The maximum Gasteiger partial charge on any atom is 0.320 e. The summed E-state index contributed by atoms with van der Waals surface area (Å²) in [5, 5.41) is 10.2. The smallest absolute Gasteiger partial charge is 0.320 e. The molecule has 0 unspecified atom stereocenters. The van der Waals surface area contributed by atoms with Crippen LogP contribution in [0.2, 0.25) is 0 Å². The van der Waals surface area contributed by atoms with Crippen molar-refractivity contribution in [2.75, 3.05) is 18.5 Å². The van der Waals surface area contributed by atoms with Crippen molar-refractivity contribution in [3.63, 3.8) is 0 Å². The van der Waals surface area contributed by atoms with Crippen LogP contribution in [0, 0.1) is 5.92 Å². The summed E-state index contributed by atoms with van der Waals surface area (Å²) in [7, 11) is 0. The van der Waals surface area contributed by atoms with Gasteiger partial charge in [-0.05, 0) is 37.8 Å². The van der Waals surface area contributed by atoms with Crippen LogP contribution in [0.15, 0.2) is 36.7 Å². The fraction of sp³-hybridized carbons (Fsp3) is 0.500. The second-order valence-corrected chi connectivity index (χ2v) is 6.37. The van der Waals surface area contributed by atoms with Gasteiger partial charge in [0.2, 0.25) is 0 Å². The number of aromatic nitrogens is 3. The molecule has 7 heteroatoms. The number of carbonyl (C=O) groups is 1. The third kappa shape index (κ3) is 5.29. The lowest BCUT2D eigenvalue weighted by Gasteiger charge is -2.28. The molecule has 25 heavy (non-hydrogen) atoms. The molecule has 0 aliphatic carbocycles. The number of rotatable bonds is 6. The van der Waals surface area contributed by atoms with Crippen LogP contribution in [0.25, 0.3) is 0 Å². The third-order valence-electron chi connectivity index (χ3n) is 4.54. The largest absolute Gasteiger partial charge is 0.381 e. The van der Waals surface area contributed by atoms with Gasteiger partial charge in [0.15, 0.2) is 5.82 Å². The predicted octanol–water partition coefficient (Wildman–Crippen LogP) is 2.46. The highest BCUT2D eigenvalue weighted by molar-refractivity contribution is 5.88. The second-order valence-electron chi connectivity index (χ2n) is 6.37. The summed E-state index contributed by atoms with van der Waals surface area (Å²) < 4.78 is 7.17. The fourth-order valence-electron chi connectivity index (χ4n) is 3.02. The monoisotopic (exact) mass is 343 g/mol. The van der Waals surface area contributed by atoms with Gasteiger partial charge in [-0.1, -0.05) is 6.07 Å². The van der Waals surface area contributed by atoms with E-state index < -0.39 is 0 Å². The molecular weight excluding hydrogens is 318 g/mol. The molecule has 0 spiro atoms. The molecule has 3 rings (SSSR count). The van der Waals surface area contributed by atoms with Gasteiger partial charge in [0.1, 0.15) is 0 Å². The van der Waals surface area contributed by atoms with Crippen molar-refractivity contribution >= 4 is 11.8 Å². The number of amides is 2. The number of pyridine rings is 1. The molecule has 2 aromatic heterocycles. The Kier molecular flexibility index (Phi) is 6.00. The highest BCUT2D eigenvalue weighted by atomic mass is 16.5. The molecule has 1 aliphatic rings. The maximum atomic E-state index is 12.1. The maximum absolute atomic E-state index is 12.1. The van der Waals surface area contributed by atoms with E-state index in [2.05, 4.69) is 20.7 Å². The Balaban J connectivity index is 1.44. The Morgan fingerprint density at radius 3 is 2.96 bits per heavy atom. The topological polar surface area (TPSA) is 81.1 Å². The summed E-state index contributed by atoms with van der Waals surface area (Å²) in [4.78, 5) is 16.4. The first-order chi connectivity index (χ1) is 12.2. The quantitative estimate of drug-likeness (QED) is 0.844. The second kappa shape index (κ2) is 8.62. The molecule has 0 aromatic carbocycles. The number of hydrogen-bond acceptors (Lipinski definition) is 4. The SMILES string of the molecule is C[C@H](NC(=O)Nc1ccn(CCc2ccccn2)n1)C1CCOCC1. The Hall–Kier alpha value is -2.41. The lowest BCUT2D eigenvalue weighted by Crippen LogP contribution is -2.42. The first-order valence-electron chi connectivity index (χ1n) is 8.79. The number of anilines is 1. The summed E-state index contributed by atoms with van der Waals surface area (Å²) in [5.74, 6) is 1.02. The summed E-state index contributed by atoms with van der Waals surface area (Å²) >= 11 is 0. The van der Waals surface area contributed by atoms with Gasteiger partial charge < -0.3 is 10.1 Å². The normalized spacial score (nSPS) is 16.4. The fourth-order valence-corrected chi connectivity index (χ4v) is 3.02. The predicted molar refractivity (Wildman–Crippen MR) is 95.3 cm³/mol. The van der Waals surface area contributed by atoms with Crippen molar-refractivity contribution in [3.8, 4) is 0 Å². The standard InChI is InChI=1S/C18H25N5O2/c1-14(15-7-12-25-13-8-15)20-18(24)21-17-6-11-23(22-17)10-5-16-4-2-3-9-19-16/h2-4,6,9,11,14-15H,5,7-8,10,12-13H2,1H3,(H2,20,21,22,24)/t14-/m0/s1. The van der Waals surface area contributed by atoms with E-state index in [1.807, 2.05) is 36.0 Å². The number of urea groups is 1. The minimum absolute atomic E-state index is 0.121. The number of nitrogens with zero attached hydrogens (tertiary/aromatic N) is 3. The van der Waals surface area contributed by atoms with Crippen LogP contribution in [0.4, 0.5) is 10.6 Å². The highest BCUT2D eigenvalue weighted by Crippen LogP contribution is 2.18. The molecule has 1 fully saturated rings. The Bertz CT molecular complexity index is 667. The summed E-state index contributed by atoms with van der Waals surface area (Å²) in [6, 6.07) is 7.58. The Morgan fingerprint density at radius 1 is 1.36 bits per heavy atom. The number of hydrogen-bond donors (Lipinski definition) is 2. The zero-order chi connectivity index (χ0) is 17.5. The van der Waals surface area contributed by atoms with E-state index in [4.69, 9.17) is 4.74 Å². The van der Waals surface area contributed by atoms with Crippen molar-refractivity contribution in [3.05, 3.63) is 42.4 Å². The number of nitrogens with one attached hydrogen (secondary N) is 2. The van der Waals surface area contributed by atoms with Crippen molar-refractivity contribution in [2.24, 2.45) is 5.92 Å². The Labute approximate surface area is 147 Å². The van der Waals surface area contributed by atoms with E-state index in [9.17, 15) is 4.79 Å². The van der Waals surface area contributed by atoms with Crippen molar-refractivity contribution in [1.82, 2.24) is 20.1 Å². The van der Waals surface area contributed by atoms with Crippen molar-refractivity contribution in [1.29, 1.82) is 0 Å². The molecule has 0 bridgehead atoms. The van der Waals surface area contributed by atoms with Gasteiger partial charge in [-0.2, -0.15) is 5.10 Å². The van der Waals surface area contributed by atoms with E-state index in [-0.39, 0.29) is 12.1 Å². The molecule has 1 atom stereocenters. The minimum Gasteiger partial charge on any atom is -0.381 e. The number of carbonyl (C=O) groups excluding carboxylic acids is 1. The average molecular weight is 343 g/mol. The average Bonchev–Trinajstić information content (AvgIpc) is 3.08. The molecule has 2 aromatic rings. The molecule has 3 heterocycles. The first-order valence-corrected chi connectivity index (χ1v) is 8.79. The molecule has 7 nitrogen and oxygen atoms in total. The van der Waals surface area contributed by atoms with Crippen LogP contribution in [0.1, 0.15) is 25.5 Å².